The van der Waals surface area contributed by atoms with E-state index in [1.54, 1.807) is 12.1 Å². The van der Waals surface area contributed by atoms with Crippen molar-refractivity contribution in [2.75, 3.05) is 13.6 Å². The van der Waals surface area contributed by atoms with Crippen LogP contribution in [0.1, 0.15) is 29.6 Å². The standard InChI is InChI=1S/C17H23FN2O/c1-4-19-10-15-9-17(21-13(15)2)12-20(3)11-14-6-5-7-16(18)8-14/h5-9,19H,4,10-12H2,1-3H3. The largest absolute Gasteiger partial charge is 0.465 e. The van der Waals surface area contributed by atoms with Crippen molar-refractivity contribution in [3.8, 4) is 0 Å². The van der Waals surface area contributed by atoms with Crippen LogP contribution < -0.4 is 5.32 Å². The van der Waals surface area contributed by atoms with Crippen LogP contribution in [0.2, 0.25) is 0 Å². The zero-order valence-electron chi connectivity index (χ0n) is 12.9. The number of rotatable bonds is 7. The SMILES string of the molecule is CCNCc1cc(CN(C)Cc2cccc(F)c2)oc1C. The Labute approximate surface area is 125 Å². The van der Waals surface area contributed by atoms with Gasteiger partial charge in [0.2, 0.25) is 0 Å². The molecule has 0 spiro atoms. The van der Waals surface area contributed by atoms with Crippen molar-refractivity contribution in [2.24, 2.45) is 0 Å². The van der Waals surface area contributed by atoms with Gasteiger partial charge in [-0.15, -0.1) is 0 Å². The van der Waals surface area contributed by atoms with Crippen molar-refractivity contribution >= 4 is 0 Å². The fourth-order valence-electron chi connectivity index (χ4n) is 2.37. The van der Waals surface area contributed by atoms with E-state index in [1.165, 1.54) is 11.6 Å². The highest BCUT2D eigenvalue weighted by atomic mass is 19.1. The molecule has 0 atom stereocenters. The molecule has 0 saturated heterocycles. The van der Waals surface area contributed by atoms with Gasteiger partial charge in [0.1, 0.15) is 17.3 Å². The Morgan fingerprint density at radius 2 is 2.05 bits per heavy atom. The Hall–Kier alpha value is -1.65. The van der Waals surface area contributed by atoms with E-state index >= 15 is 0 Å². The first-order valence-corrected chi connectivity index (χ1v) is 7.30. The second-order valence-electron chi connectivity index (χ2n) is 5.38. The highest BCUT2D eigenvalue weighted by Gasteiger charge is 2.10. The van der Waals surface area contributed by atoms with E-state index in [9.17, 15) is 4.39 Å². The lowest BCUT2D eigenvalue weighted by Gasteiger charge is -2.15. The molecule has 4 heteroatoms. The van der Waals surface area contributed by atoms with Crippen LogP contribution in [0.5, 0.6) is 0 Å². The van der Waals surface area contributed by atoms with Crippen LogP contribution in [-0.4, -0.2) is 18.5 Å². The van der Waals surface area contributed by atoms with E-state index in [4.69, 9.17) is 4.42 Å². The molecule has 114 valence electrons. The van der Waals surface area contributed by atoms with Crippen LogP contribution in [0.4, 0.5) is 4.39 Å². The maximum absolute atomic E-state index is 13.2. The van der Waals surface area contributed by atoms with Crippen LogP contribution in [0.25, 0.3) is 0 Å². The van der Waals surface area contributed by atoms with Crippen LogP contribution in [0.15, 0.2) is 34.7 Å². The number of nitrogens with one attached hydrogen (secondary N) is 1. The predicted molar refractivity (Wildman–Crippen MR) is 82.4 cm³/mol. The van der Waals surface area contributed by atoms with Crippen molar-refractivity contribution in [3.63, 3.8) is 0 Å². The van der Waals surface area contributed by atoms with Gasteiger partial charge in [0.25, 0.3) is 0 Å². The molecule has 0 aliphatic rings. The fraction of sp³-hybridized carbons (Fsp3) is 0.412. The maximum atomic E-state index is 13.2. The number of hydrogen-bond donors (Lipinski definition) is 1. The number of furan rings is 1. The molecule has 0 bridgehead atoms. The van der Waals surface area contributed by atoms with E-state index in [1.807, 2.05) is 20.0 Å². The van der Waals surface area contributed by atoms with E-state index in [2.05, 4.69) is 23.2 Å². The van der Waals surface area contributed by atoms with Gasteiger partial charge in [0, 0.05) is 18.7 Å². The smallest absolute Gasteiger partial charge is 0.123 e. The van der Waals surface area contributed by atoms with Crippen LogP contribution >= 0.6 is 0 Å². The van der Waals surface area contributed by atoms with E-state index in [0.717, 1.165) is 30.2 Å². The molecule has 0 aliphatic carbocycles. The van der Waals surface area contributed by atoms with Gasteiger partial charge in [-0.1, -0.05) is 19.1 Å². The van der Waals surface area contributed by atoms with Crippen molar-refractivity contribution in [1.29, 1.82) is 0 Å². The molecular weight excluding hydrogens is 267 g/mol. The van der Waals surface area contributed by atoms with Gasteiger partial charge in [0.05, 0.1) is 6.54 Å². The minimum absolute atomic E-state index is 0.192. The molecule has 3 nitrogen and oxygen atoms in total. The first-order valence-electron chi connectivity index (χ1n) is 7.30. The van der Waals surface area contributed by atoms with Crippen molar-refractivity contribution in [3.05, 3.63) is 58.8 Å². The van der Waals surface area contributed by atoms with Crippen LogP contribution in [0.3, 0.4) is 0 Å². The first-order chi connectivity index (χ1) is 10.1. The van der Waals surface area contributed by atoms with Gasteiger partial charge in [-0.3, -0.25) is 4.90 Å². The molecule has 0 saturated carbocycles. The summed E-state index contributed by atoms with van der Waals surface area (Å²) in [6.07, 6.45) is 0. The molecule has 1 N–H and O–H groups in total. The average Bonchev–Trinajstić information content (AvgIpc) is 2.76. The third-order valence-corrected chi connectivity index (χ3v) is 3.40. The van der Waals surface area contributed by atoms with Gasteiger partial charge >= 0.3 is 0 Å². The van der Waals surface area contributed by atoms with E-state index in [0.29, 0.717) is 13.1 Å². The van der Waals surface area contributed by atoms with E-state index < -0.39 is 0 Å². The van der Waals surface area contributed by atoms with Gasteiger partial charge in [-0.25, -0.2) is 4.39 Å². The number of benzene rings is 1. The quantitative estimate of drug-likeness (QED) is 0.846. The lowest BCUT2D eigenvalue weighted by molar-refractivity contribution is 0.285. The molecule has 0 unspecified atom stereocenters. The molecule has 0 radical (unpaired) electrons. The van der Waals surface area contributed by atoms with Gasteiger partial charge in [-0.05, 0) is 44.3 Å². The summed E-state index contributed by atoms with van der Waals surface area (Å²) in [5, 5.41) is 3.30. The summed E-state index contributed by atoms with van der Waals surface area (Å²) in [5.41, 5.74) is 2.17. The molecule has 0 amide bonds. The monoisotopic (exact) mass is 290 g/mol. The van der Waals surface area contributed by atoms with Gasteiger partial charge in [-0.2, -0.15) is 0 Å². The van der Waals surface area contributed by atoms with Crippen LogP contribution in [-0.2, 0) is 19.6 Å². The average molecular weight is 290 g/mol. The van der Waals surface area contributed by atoms with Crippen molar-refractivity contribution in [2.45, 2.75) is 33.5 Å². The second-order valence-corrected chi connectivity index (χ2v) is 5.38. The van der Waals surface area contributed by atoms with Gasteiger partial charge < -0.3 is 9.73 Å². The summed E-state index contributed by atoms with van der Waals surface area (Å²) in [5.74, 6) is 1.71. The highest BCUT2D eigenvalue weighted by molar-refractivity contribution is 5.21. The third-order valence-electron chi connectivity index (χ3n) is 3.40. The molecule has 0 aliphatic heterocycles. The zero-order chi connectivity index (χ0) is 15.2. The molecule has 1 aromatic heterocycles. The number of aryl methyl sites for hydroxylation is 1. The van der Waals surface area contributed by atoms with Gasteiger partial charge in [0.15, 0.2) is 0 Å². The minimum atomic E-state index is -0.192. The summed E-state index contributed by atoms with van der Waals surface area (Å²) in [6.45, 7) is 7.26. The molecule has 1 heterocycles. The summed E-state index contributed by atoms with van der Waals surface area (Å²) < 4.78 is 19.0. The van der Waals surface area contributed by atoms with Crippen molar-refractivity contribution in [1.82, 2.24) is 10.2 Å². The normalized spacial score (nSPS) is 11.3. The summed E-state index contributed by atoms with van der Waals surface area (Å²) in [4.78, 5) is 2.12. The topological polar surface area (TPSA) is 28.4 Å². The third kappa shape index (κ3) is 4.69. The molecule has 2 aromatic rings. The molecular formula is C17H23FN2O. The Kier molecular flexibility index (Phi) is 5.53. The lowest BCUT2D eigenvalue weighted by atomic mass is 10.2. The number of halogens is 1. The maximum Gasteiger partial charge on any atom is 0.123 e. The Balaban J connectivity index is 1.94. The first kappa shape index (κ1) is 15.7. The highest BCUT2D eigenvalue weighted by Crippen LogP contribution is 2.17. The Morgan fingerprint density at radius 1 is 1.24 bits per heavy atom. The number of hydrogen-bond acceptors (Lipinski definition) is 3. The summed E-state index contributed by atoms with van der Waals surface area (Å²) in [7, 11) is 2.01. The molecule has 21 heavy (non-hydrogen) atoms. The fourth-order valence-corrected chi connectivity index (χ4v) is 2.37. The van der Waals surface area contributed by atoms with Crippen LogP contribution in [0, 0.1) is 12.7 Å². The lowest BCUT2D eigenvalue weighted by Crippen LogP contribution is -2.17. The Bertz CT molecular complexity index is 580. The zero-order valence-corrected chi connectivity index (χ0v) is 12.9. The van der Waals surface area contributed by atoms with Crippen molar-refractivity contribution < 1.29 is 8.81 Å². The summed E-state index contributed by atoms with van der Waals surface area (Å²) in [6, 6.07) is 8.81. The Morgan fingerprint density at radius 3 is 2.76 bits per heavy atom. The minimum Gasteiger partial charge on any atom is -0.465 e. The van der Waals surface area contributed by atoms with E-state index in [-0.39, 0.29) is 5.82 Å². The molecule has 0 fully saturated rings. The molecule has 2 rings (SSSR count). The number of nitrogens with zero attached hydrogens (tertiary/aromatic N) is 1. The predicted octanol–water partition coefficient (Wildman–Crippen LogP) is 3.47. The second kappa shape index (κ2) is 7.38. The molecule has 1 aromatic carbocycles. The summed E-state index contributed by atoms with van der Waals surface area (Å²) >= 11 is 0.